The summed E-state index contributed by atoms with van der Waals surface area (Å²) in [5.41, 5.74) is 2.40. The van der Waals surface area contributed by atoms with E-state index < -0.39 is 0 Å². The molecular weight excluding hydrogens is 186 g/mol. The number of aromatic nitrogens is 2. The lowest BCUT2D eigenvalue weighted by Gasteiger charge is -2.00. The Balaban J connectivity index is 2.91. The van der Waals surface area contributed by atoms with Crippen LogP contribution in [0, 0.1) is 6.92 Å². The monoisotopic (exact) mass is 201 g/mol. The summed E-state index contributed by atoms with van der Waals surface area (Å²) in [6.45, 7) is 9.63. The minimum absolute atomic E-state index is 0.582. The van der Waals surface area contributed by atoms with Gasteiger partial charge in [0.15, 0.2) is 5.82 Å². The molecule has 0 radical (unpaired) electrons. The predicted octanol–water partition coefficient (Wildman–Crippen LogP) is 2.79. The molecule has 3 heteroatoms. The third-order valence-electron chi connectivity index (χ3n) is 1.77. The fraction of sp³-hybridized carbons (Fsp3) is 0.250. The molecule has 0 aliphatic carbocycles. The van der Waals surface area contributed by atoms with Crippen LogP contribution in [-0.4, -0.2) is 15.7 Å². The topological polar surface area (TPSA) is 38.1 Å². The summed E-state index contributed by atoms with van der Waals surface area (Å²) in [6.07, 6.45) is 5.56. The molecule has 0 fully saturated rings. The number of allylic oxidation sites excluding steroid dienone is 2. The number of aryl methyl sites for hydroxylation is 1. The maximum atomic E-state index is 4.29. The van der Waals surface area contributed by atoms with E-state index in [1.807, 2.05) is 39.0 Å². The lowest BCUT2D eigenvalue weighted by atomic mass is 10.3. The predicted molar refractivity (Wildman–Crippen MR) is 63.7 cm³/mol. The van der Waals surface area contributed by atoms with Gasteiger partial charge in [-0.3, -0.25) is 4.99 Å². The molecule has 0 unspecified atom stereocenters. The highest BCUT2D eigenvalue weighted by atomic mass is 14.9. The van der Waals surface area contributed by atoms with Gasteiger partial charge in [-0.1, -0.05) is 12.7 Å². The van der Waals surface area contributed by atoms with Crippen molar-refractivity contribution < 1.29 is 0 Å². The third-order valence-corrected chi connectivity index (χ3v) is 1.77. The lowest BCUT2D eigenvalue weighted by Crippen LogP contribution is -1.95. The molecule has 1 aromatic rings. The highest BCUT2D eigenvalue weighted by Gasteiger charge is 2.00. The molecule has 3 nitrogen and oxygen atoms in total. The SMILES string of the molecule is C=C(N=C(C)/C=C\C)c1nccc(C)n1. The van der Waals surface area contributed by atoms with E-state index in [4.69, 9.17) is 0 Å². The van der Waals surface area contributed by atoms with Crippen LogP contribution in [0.25, 0.3) is 5.70 Å². The molecule has 0 aliphatic heterocycles. The average molecular weight is 201 g/mol. The average Bonchev–Trinajstić information content (AvgIpc) is 2.18. The molecular formula is C12H15N3. The molecule has 0 aliphatic rings. The summed E-state index contributed by atoms with van der Waals surface area (Å²) in [6, 6.07) is 1.85. The molecule has 1 rings (SSSR count). The Morgan fingerprint density at radius 1 is 1.53 bits per heavy atom. The van der Waals surface area contributed by atoms with Crippen LogP contribution in [0.4, 0.5) is 0 Å². The maximum absolute atomic E-state index is 4.29. The highest BCUT2D eigenvalue weighted by molar-refractivity contribution is 5.95. The molecule has 0 spiro atoms. The molecule has 0 aromatic carbocycles. The van der Waals surface area contributed by atoms with Gasteiger partial charge in [-0.05, 0) is 32.9 Å². The van der Waals surface area contributed by atoms with Gasteiger partial charge in [-0.25, -0.2) is 9.97 Å². The summed E-state index contributed by atoms with van der Waals surface area (Å²) >= 11 is 0. The molecule has 0 saturated heterocycles. The van der Waals surface area contributed by atoms with Crippen LogP contribution in [-0.2, 0) is 0 Å². The van der Waals surface area contributed by atoms with Crippen LogP contribution in [0.1, 0.15) is 25.4 Å². The first kappa shape index (κ1) is 11.3. The van der Waals surface area contributed by atoms with Crippen molar-refractivity contribution in [3.8, 4) is 0 Å². The van der Waals surface area contributed by atoms with Crippen molar-refractivity contribution in [2.24, 2.45) is 4.99 Å². The number of aliphatic imine (C=N–C) groups is 1. The van der Waals surface area contributed by atoms with Crippen molar-refractivity contribution in [3.63, 3.8) is 0 Å². The Kier molecular flexibility index (Phi) is 3.92. The first-order chi connectivity index (χ1) is 7.13. The van der Waals surface area contributed by atoms with E-state index in [1.165, 1.54) is 0 Å². The summed E-state index contributed by atoms with van der Waals surface area (Å²) in [7, 11) is 0. The lowest BCUT2D eigenvalue weighted by molar-refractivity contribution is 1.06. The quantitative estimate of drug-likeness (QED) is 0.705. The van der Waals surface area contributed by atoms with E-state index >= 15 is 0 Å². The van der Waals surface area contributed by atoms with E-state index in [2.05, 4.69) is 21.5 Å². The van der Waals surface area contributed by atoms with E-state index in [1.54, 1.807) is 6.20 Å². The van der Waals surface area contributed by atoms with Gasteiger partial charge in [0.2, 0.25) is 0 Å². The van der Waals surface area contributed by atoms with Crippen molar-refractivity contribution in [2.75, 3.05) is 0 Å². The largest absolute Gasteiger partial charge is 0.250 e. The van der Waals surface area contributed by atoms with Crippen molar-refractivity contribution >= 4 is 11.4 Å². The van der Waals surface area contributed by atoms with Gasteiger partial charge in [0, 0.05) is 17.6 Å². The zero-order chi connectivity index (χ0) is 11.3. The van der Waals surface area contributed by atoms with Gasteiger partial charge < -0.3 is 0 Å². The number of hydrogen-bond donors (Lipinski definition) is 0. The second-order valence-electron chi connectivity index (χ2n) is 3.22. The zero-order valence-electron chi connectivity index (χ0n) is 9.36. The second-order valence-corrected chi connectivity index (χ2v) is 3.22. The van der Waals surface area contributed by atoms with E-state index in [0.29, 0.717) is 11.5 Å². The van der Waals surface area contributed by atoms with Gasteiger partial charge in [-0.15, -0.1) is 0 Å². The summed E-state index contributed by atoms with van der Waals surface area (Å²) in [4.78, 5) is 12.6. The fourth-order valence-corrected chi connectivity index (χ4v) is 1.13. The first-order valence-electron chi connectivity index (χ1n) is 4.80. The van der Waals surface area contributed by atoms with Crippen LogP contribution in [0.15, 0.2) is 36.0 Å². The summed E-state index contributed by atoms with van der Waals surface area (Å²) in [5, 5.41) is 0. The normalized spacial score (nSPS) is 12.1. The Morgan fingerprint density at radius 2 is 2.27 bits per heavy atom. The molecule has 0 amide bonds. The molecule has 78 valence electrons. The van der Waals surface area contributed by atoms with Crippen LogP contribution >= 0.6 is 0 Å². The molecule has 0 N–H and O–H groups in total. The van der Waals surface area contributed by atoms with Crippen LogP contribution in [0.3, 0.4) is 0 Å². The minimum Gasteiger partial charge on any atom is -0.250 e. The Bertz CT molecular complexity index is 417. The van der Waals surface area contributed by atoms with Gasteiger partial charge in [0.25, 0.3) is 0 Å². The Hall–Kier alpha value is -1.77. The van der Waals surface area contributed by atoms with Crippen LogP contribution < -0.4 is 0 Å². The smallest absolute Gasteiger partial charge is 0.177 e. The van der Waals surface area contributed by atoms with Gasteiger partial charge in [0.1, 0.15) is 5.70 Å². The number of nitrogens with zero attached hydrogens (tertiary/aromatic N) is 3. The number of rotatable bonds is 3. The van der Waals surface area contributed by atoms with Crippen molar-refractivity contribution in [1.29, 1.82) is 0 Å². The van der Waals surface area contributed by atoms with Crippen LogP contribution in [0.5, 0.6) is 0 Å². The highest BCUT2D eigenvalue weighted by Crippen LogP contribution is 2.08. The minimum atomic E-state index is 0.582. The van der Waals surface area contributed by atoms with Gasteiger partial charge in [-0.2, -0.15) is 0 Å². The van der Waals surface area contributed by atoms with Crippen LogP contribution in [0.2, 0.25) is 0 Å². The Morgan fingerprint density at radius 3 is 2.87 bits per heavy atom. The van der Waals surface area contributed by atoms with E-state index in [0.717, 1.165) is 11.4 Å². The third kappa shape index (κ3) is 3.46. The Labute approximate surface area is 90.3 Å². The first-order valence-corrected chi connectivity index (χ1v) is 4.80. The number of hydrogen-bond acceptors (Lipinski definition) is 3. The fourth-order valence-electron chi connectivity index (χ4n) is 1.13. The van der Waals surface area contributed by atoms with Crippen molar-refractivity contribution in [1.82, 2.24) is 9.97 Å². The maximum Gasteiger partial charge on any atom is 0.177 e. The molecule has 0 saturated carbocycles. The molecule has 0 atom stereocenters. The van der Waals surface area contributed by atoms with Crippen molar-refractivity contribution in [3.05, 3.63) is 42.5 Å². The van der Waals surface area contributed by atoms with Gasteiger partial charge in [0.05, 0.1) is 0 Å². The molecule has 1 heterocycles. The zero-order valence-corrected chi connectivity index (χ0v) is 9.36. The van der Waals surface area contributed by atoms with E-state index in [-0.39, 0.29) is 0 Å². The second kappa shape index (κ2) is 5.20. The molecule has 1 aromatic heterocycles. The summed E-state index contributed by atoms with van der Waals surface area (Å²) in [5.74, 6) is 0.582. The molecule has 15 heavy (non-hydrogen) atoms. The molecule has 0 bridgehead atoms. The van der Waals surface area contributed by atoms with E-state index in [9.17, 15) is 0 Å². The van der Waals surface area contributed by atoms with Gasteiger partial charge >= 0.3 is 0 Å². The summed E-state index contributed by atoms with van der Waals surface area (Å²) < 4.78 is 0. The standard InChI is InChI=1S/C12H15N3/c1-5-6-9(2)14-11(4)12-13-8-7-10(3)15-12/h5-8H,4H2,1-3H3/b6-5-,14-9?. The van der Waals surface area contributed by atoms with Crippen molar-refractivity contribution in [2.45, 2.75) is 20.8 Å².